The molecule has 0 radical (unpaired) electrons. The van der Waals surface area contributed by atoms with Crippen molar-refractivity contribution < 1.29 is 4.42 Å². The first kappa shape index (κ1) is 7.69. The third-order valence-corrected chi connectivity index (χ3v) is 1.96. The minimum absolute atomic E-state index is 0.904. The normalized spacial score (nSPS) is 10.1. The van der Waals surface area contributed by atoms with Crippen LogP contribution in [0.1, 0.15) is 12.7 Å². The zero-order valence-corrected chi connectivity index (χ0v) is 6.78. The summed E-state index contributed by atoms with van der Waals surface area (Å²) in [5.74, 6) is 1.92. The molecule has 0 fully saturated rings. The summed E-state index contributed by atoms with van der Waals surface area (Å²) in [4.78, 5) is 0. The number of hydrogen-bond acceptors (Lipinski definition) is 3. The van der Waals surface area contributed by atoms with Crippen LogP contribution in [-0.4, -0.2) is 6.54 Å². The zero-order chi connectivity index (χ0) is 7.23. The van der Waals surface area contributed by atoms with Crippen molar-refractivity contribution in [3.05, 3.63) is 24.2 Å². The molecule has 0 bridgehead atoms. The van der Waals surface area contributed by atoms with Crippen molar-refractivity contribution in [2.75, 3.05) is 6.54 Å². The predicted octanol–water partition coefficient (Wildman–Crippen LogP) is 2.04. The van der Waals surface area contributed by atoms with Gasteiger partial charge in [-0.15, -0.1) is 0 Å². The molecule has 0 aromatic carbocycles. The van der Waals surface area contributed by atoms with Crippen molar-refractivity contribution in [1.82, 2.24) is 4.72 Å². The fourth-order valence-corrected chi connectivity index (χ4v) is 1.23. The van der Waals surface area contributed by atoms with E-state index in [1.54, 1.807) is 18.2 Å². The molecule has 56 valence electrons. The molecule has 10 heavy (non-hydrogen) atoms. The van der Waals surface area contributed by atoms with Crippen LogP contribution in [0.15, 0.2) is 22.8 Å². The van der Waals surface area contributed by atoms with Gasteiger partial charge in [0.15, 0.2) is 0 Å². The van der Waals surface area contributed by atoms with Crippen LogP contribution >= 0.6 is 11.9 Å². The van der Waals surface area contributed by atoms with E-state index in [0.29, 0.717) is 0 Å². The van der Waals surface area contributed by atoms with Gasteiger partial charge >= 0.3 is 0 Å². The molecule has 1 aromatic rings. The maximum Gasteiger partial charge on any atom is 0.114 e. The van der Waals surface area contributed by atoms with Crippen LogP contribution in [0.4, 0.5) is 0 Å². The molecule has 0 aliphatic carbocycles. The molecule has 0 aliphatic heterocycles. The van der Waals surface area contributed by atoms with Gasteiger partial charge in [-0.1, -0.05) is 18.9 Å². The zero-order valence-electron chi connectivity index (χ0n) is 5.96. The summed E-state index contributed by atoms with van der Waals surface area (Å²) in [6, 6.07) is 3.88. The highest BCUT2D eigenvalue weighted by Crippen LogP contribution is 2.08. The van der Waals surface area contributed by atoms with E-state index in [-0.39, 0.29) is 0 Å². The molecule has 0 amide bonds. The fourth-order valence-electron chi connectivity index (χ4n) is 0.619. The maximum atomic E-state index is 5.12. The third-order valence-electron chi connectivity index (χ3n) is 1.04. The van der Waals surface area contributed by atoms with Crippen LogP contribution in [0, 0.1) is 0 Å². The summed E-state index contributed by atoms with van der Waals surface area (Å²) in [5, 5.41) is 0. The highest BCUT2D eigenvalue weighted by atomic mass is 32.2. The smallest absolute Gasteiger partial charge is 0.114 e. The van der Waals surface area contributed by atoms with Crippen LogP contribution < -0.4 is 4.72 Å². The molecular formula is C7H11NOS. The number of hydrogen-bond donors (Lipinski definition) is 1. The third kappa shape index (κ3) is 2.45. The Balaban J connectivity index is 2.15. The van der Waals surface area contributed by atoms with Crippen molar-refractivity contribution in [2.45, 2.75) is 12.7 Å². The molecule has 1 N–H and O–H groups in total. The molecule has 1 aromatic heterocycles. The Morgan fingerprint density at radius 1 is 1.70 bits per heavy atom. The van der Waals surface area contributed by atoms with Gasteiger partial charge in [0.25, 0.3) is 0 Å². The Kier molecular flexibility index (Phi) is 3.40. The lowest BCUT2D eigenvalue weighted by Gasteiger charge is -1.95. The molecule has 3 heteroatoms. The van der Waals surface area contributed by atoms with Crippen molar-refractivity contribution in [3.63, 3.8) is 0 Å². The molecule has 0 unspecified atom stereocenters. The van der Waals surface area contributed by atoms with E-state index in [1.165, 1.54) is 0 Å². The van der Waals surface area contributed by atoms with Crippen molar-refractivity contribution in [1.29, 1.82) is 0 Å². The van der Waals surface area contributed by atoms with Gasteiger partial charge in [-0.05, 0) is 12.1 Å². The average molecular weight is 157 g/mol. The summed E-state index contributed by atoms with van der Waals surface area (Å²) in [6.45, 7) is 3.07. The first-order valence-corrected chi connectivity index (χ1v) is 4.29. The Bertz CT molecular complexity index is 162. The van der Waals surface area contributed by atoms with Gasteiger partial charge in [0.1, 0.15) is 5.76 Å². The molecule has 1 rings (SSSR count). The Labute approximate surface area is 65.1 Å². The van der Waals surface area contributed by atoms with Crippen molar-refractivity contribution >= 4 is 11.9 Å². The first-order chi connectivity index (χ1) is 4.93. The molecule has 0 saturated heterocycles. The SMILES string of the molecule is CCNSCc1ccco1. The highest BCUT2D eigenvalue weighted by molar-refractivity contribution is 7.96. The van der Waals surface area contributed by atoms with Gasteiger partial charge in [-0.25, -0.2) is 0 Å². The molecular weight excluding hydrogens is 146 g/mol. The lowest BCUT2D eigenvalue weighted by molar-refractivity contribution is 0.530. The van der Waals surface area contributed by atoms with Gasteiger partial charge in [0, 0.05) is 6.54 Å². The van der Waals surface area contributed by atoms with Gasteiger partial charge in [-0.3, -0.25) is 4.72 Å². The van der Waals surface area contributed by atoms with Gasteiger partial charge in [-0.2, -0.15) is 0 Å². The number of nitrogens with one attached hydrogen (secondary N) is 1. The summed E-state index contributed by atoms with van der Waals surface area (Å²) >= 11 is 1.67. The van der Waals surface area contributed by atoms with E-state index >= 15 is 0 Å². The maximum absolute atomic E-state index is 5.12. The quantitative estimate of drug-likeness (QED) is 0.535. The van der Waals surface area contributed by atoms with Crippen LogP contribution in [0.2, 0.25) is 0 Å². The van der Waals surface area contributed by atoms with Gasteiger partial charge in [0.2, 0.25) is 0 Å². The monoisotopic (exact) mass is 157 g/mol. The summed E-state index contributed by atoms with van der Waals surface area (Å²) in [7, 11) is 0. The summed E-state index contributed by atoms with van der Waals surface area (Å²) in [6.07, 6.45) is 1.70. The number of furan rings is 1. The Morgan fingerprint density at radius 3 is 3.20 bits per heavy atom. The second-order valence-electron chi connectivity index (χ2n) is 1.87. The van der Waals surface area contributed by atoms with Gasteiger partial charge in [0.05, 0.1) is 12.0 Å². The van der Waals surface area contributed by atoms with E-state index in [1.807, 2.05) is 12.1 Å². The topological polar surface area (TPSA) is 25.2 Å². The summed E-state index contributed by atoms with van der Waals surface area (Å²) < 4.78 is 8.26. The Morgan fingerprint density at radius 2 is 2.60 bits per heavy atom. The molecule has 0 aliphatic rings. The predicted molar refractivity (Wildman–Crippen MR) is 43.7 cm³/mol. The first-order valence-electron chi connectivity index (χ1n) is 3.30. The van der Waals surface area contributed by atoms with Gasteiger partial charge < -0.3 is 4.42 Å². The second kappa shape index (κ2) is 4.41. The standard InChI is InChI=1S/C7H11NOS/c1-2-8-10-6-7-4-3-5-9-7/h3-5,8H,2,6H2,1H3. The molecule has 1 heterocycles. The largest absolute Gasteiger partial charge is 0.468 e. The fraction of sp³-hybridized carbons (Fsp3) is 0.429. The van der Waals surface area contributed by atoms with E-state index in [4.69, 9.17) is 4.42 Å². The van der Waals surface area contributed by atoms with E-state index < -0.39 is 0 Å². The molecule has 0 atom stereocenters. The number of rotatable bonds is 4. The lowest BCUT2D eigenvalue weighted by Crippen LogP contribution is -2.00. The van der Waals surface area contributed by atoms with Crippen LogP contribution in [0.3, 0.4) is 0 Å². The highest BCUT2D eigenvalue weighted by Gasteiger charge is 1.92. The average Bonchev–Trinajstić information content (AvgIpc) is 2.41. The molecule has 2 nitrogen and oxygen atoms in total. The molecule has 0 saturated carbocycles. The van der Waals surface area contributed by atoms with Crippen LogP contribution in [0.5, 0.6) is 0 Å². The van der Waals surface area contributed by atoms with Crippen molar-refractivity contribution in [3.8, 4) is 0 Å². The van der Waals surface area contributed by atoms with Crippen molar-refractivity contribution in [2.24, 2.45) is 0 Å². The lowest BCUT2D eigenvalue weighted by atomic mass is 10.5. The Hall–Kier alpha value is -0.410. The second-order valence-corrected chi connectivity index (χ2v) is 2.73. The van der Waals surface area contributed by atoms with Crippen LogP contribution in [-0.2, 0) is 5.75 Å². The summed E-state index contributed by atoms with van der Waals surface area (Å²) in [5.41, 5.74) is 0. The van der Waals surface area contributed by atoms with E-state index in [0.717, 1.165) is 18.1 Å². The van der Waals surface area contributed by atoms with E-state index in [2.05, 4.69) is 11.6 Å². The van der Waals surface area contributed by atoms with Crippen LogP contribution in [0.25, 0.3) is 0 Å². The minimum Gasteiger partial charge on any atom is -0.468 e. The van der Waals surface area contributed by atoms with E-state index in [9.17, 15) is 0 Å². The molecule has 0 spiro atoms. The minimum atomic E-state index is 0.904.